The van der Waals surface area contributed by atoms with Crippen LogP contribution in [0, 0.1) is 0 Å². The van der Waals surface area contributed by atoms with Crippen molar-refractivity contribution in [2.75, 3.05) is 45.9 Å². The van der Waals surface area contributed by atoms with Crippen LogP contribution in [0.5, 0.6) is 0 Å². The van der Waals surface area contributed by atoms with Gasteiger partial charge in [0.25, 0.3) is 0 Å². The van der Waals surface area contributed by atoms with Crippen LogP contribution in [-0.2, 0) is 5.41 Å². The highest BCUT2D eigenvalue weighted by atomic mass is 16.3. The molecule has 1 saturated heterocycles. The van der Waals surface area contributed by atoms with Crippen molar-refractivity contribution in [3.8, 4) is 0 Å². The van der Waals surface area contributed by atoms with Crippen molar-refractivity contribution in [3.05, 3.63) is 70.8 Å². The first-order valence-corrected chi connectivity index (χ1v) is 11.1. The van der Waals surface area contributed by atoms with Gasteiger partial charge in [-0.05, 0) is 41.5 Å². The van der Waals surface area contributed by atoms with Crippen LogP contribution in [0.4, 0.5) is 0 Å². The molecule has 2 aromatic rings. The number of aliphatic hydroxyl groups is 2. The summed E-state index contributed by atoms with van der Waals surface area (Å²) in [6.07, 6.45) is 2.77. The first-order valence-electron chi connectivity index (χ1n) is 11.1. The van der Waals surface area contributed by atoms with Gasteiger partial charge in [0.05, 0.1) is 12.7 Å². The number of benzene rings is 2. The van der Waals surface area contributed by atoms with E-state index in [1.807, 2.05) is 0 Å². The molecule has 1 heterocycles. The van der Waals surface area contributed by atoms with E-state index >= 15 is 0 Å². The summed E-state index contributed by atoms with van der Waals surface area (Å²) in [6.45, 7) is 5.62. The Morgan fingerprint density at radius 1 is 0.897 bits per heavy atom. The van der Waals surface area contributed by atoms with Gasteiger partial charge in [0, 0.05) is 50.6 Å². The monoisotopic (exact) mass is 392 g/mol. The molecule has 0 saturated carbocycles. The van der Waals surface area contributed by atoms with Gasteiger partial charge in [-0.25, -0.2) is 0 Å². The zero-order valence-electron chi connectivity index (χ0n) is 17.1. The lowest BCUT2D eigenvalue weighted by Crippen LogP contribution is -2.50. The van der Waals surface area contributed by atoms with Crippen molar-refractivity contribution in [2.24, 2.45) is 0 Å². The third-order valence-corrected chi connectivity index (χ3v) is 7.50. The van der Waals surface area contributed by atoms with Gasteiger partial charge in [-0.15, -0.1) is 0 Å². The molecule has 1 atom stereocenters. The standard InChI is InChI=1S/C25H32N2O2/c28-16-15-26-11-13-27(14-12-26)18-19(29)17-25-10-9-20(21-5-1-3-7-23(21)25)22-6-2-4-8-24(22)25/h1-8,19-20,28-29H,9-18H2. The van der Waals surface area contributed by atoms with Gasteiger partial charge >= 0.3 is 0 Å². The van der Waals surface area contributed by atoms with Crippen LogP contribution in [-0.4, -0.2) is 72.0 Å². The maximum absolute atomic E-state index is 11.2. The number of hydrogen-bond acceptors (Lipinski definition) is 4. The first-order chi connectivity index (χ1) is 14.2. The molecule has 0 aromatic heterocycles. The second-order valence-corrected chi connectivity index (χ2v) is 9.07. The minimum Gasteiger partial charge on any atom is -0.395 e. The lowest BCUT2D eigenvalue weighted by molar-refractivity contribution is 0.0516. The largest absolute Gasteiger partial charge is 0.395 e. The SMILES string of the molecule is OCCN1CCN(CC(O)CC23CCC(c4ccccc42)c2ccccc23)CC1. The number of piperazine rings is 1. The lowest BCUT2D eigenvalue weighted by atomic mass is 9.53. The van der Waals surface area contributed by atoms with Gasteiger partial charge in [0.1, 0.15) is 0 Å². The summed E-state index contributed by atoms with van der Waals surface area (Å²) in [7, 11) is 0. The van der Waals surface area contributed by atoms with Crippen molar-refractivity contribution in [1.29, 1.82) is 0 Å². The van der Waals surface area contributed by atoms with Crippen LogP contribution in [0.25, 0.3) is 0 Å². The molecule has 0 amide bonds. The quantitative estimate of drug-likeness (QED) is 0.793. The van der Waals surface area contributed by atoms with Crippen LogP contribution in [0.15, 0.2) is 48.5 Å². The highest BCUT2D eigenvalue weighted by molar-refractivity contribution is 5.59. The smallest absolute Gasteiger partial charge is 0.0678 e. The third-order valence-electron chi connectivity index (χ3n) is 7.50. The second-order valence-electron chi connectivity index (χ2n) is 9.07. The maximum Gasteiger partial charge on any atom is 0.0678 e. The lowest BCUT2D eigenvalue weighted by Gasteiger charge is -2.50. The summed E-state index contributed by atoms with van der Waals surface area (Å²) in [4.78, 5) is 4.69. The minimum absolute atomic E-state index is 0.0555. The molecule has 154 valence electrons. The van der Waals surface area contributed by atoms with E-state index in [9.17, 15) is 5.11 Å². The van der Waals surface area contributed by atoms with Gasteiger partial charge in [0.15, 0.2) is 0 Å². The molecular formula is C25H32N2O2. The van der Waals surface area contributed by atoms with Crippen molar-refractivity contribution < 1.29 is 10.2 Å². The fourth-order valence-corrected chi connectivity index (χ4v) is 6.18. The van der Waals surface area contributed by atoms with Crippen molar-refractivity contribution in [3.63, 3.8) is 0 Å². The van der Waals surface area contributed by atoms with E-state index < -0.39 is 0 Å². The minimum atomic E-state index is -0.338. The number of rotatable bonds is 6. The summed E-state index contributed by atoms with van der Waals surface area (Å²) in [5.41, 5.74) is 5.79. The molecule has 0 radical (unpaired) electrons. The Bertz CT molecular complexity index is 812. The molecule has 29 heavy (non-hydrogen) atoms. The normalized spacial score (nSPS) is 27.4. The molecule has 2 bridgehead atoms. The Kier molecular flexibility index (Phi) is 5.21. The summed E-state index contributed by atoms with van der Waals surface area (Å²) < 4.78 is 0. The molecular weight excluding hydrogens is 360 g/mol. The summed E-state index contributed by atoms with van der Waals surface area (Å²) in [6, 6.07) is 17.9. The van der Waals surface area contributed by atoms with E-state index in [0.29, 0.717) is 5.92 Å². The Balaban J connectivity index is 1.37. The predicted octanol–water partition coefficient (Wildman–Crippen LogP) is 2.57. The highest BCUT2D eigenvalue weighted by Crippen LogP contribution is 2.57. The van der Waals surface area contributed by atoms with E-state index in [2.05, 4.69) is 58.3 Å². The first kappa shape index (κ1) is 19.3. The molecule has 1 unspecified atom stereocenters. The molecule has 2 N–H and O–H groups in total. The highest BCUT2D eigenvalue weighted by Gasteiger charge is 2.48. The summed E-state index contributed by atoms with van der Waals surface area (Å²) in [5.74, 6) is 0.515. The van der Waals surface area contributed by atoms with Gasteiger partial charge in [-0.1, -0.05) is 48.5 Å². The van der Waals surface area contributed by atoms with E-state index in [1.165, 1.54) is 28.7 Å². The molecule has 3 aliphatic carbocycles. The number of fused-ring (bicyclic) bond motifs is 1. The Morgan fingerprint density at radius 2 is 1.48 bits per heavy atom. The van der Waals surface area contributed by atoms with Crippen molar-refractivity contribution >= 4 is 0 Å². The van der Waals surface area contributed by atoms with E-state index in [1.54, 1.807) is 0 Å². The fourth-order valence-electron chi connectivity index (χ4n) is 6.18. The second kappa shape index (κ2) is 7.84. The van der Waals surface area contributed by atoms with Crippen LogP contribution < -0.4 is 0 Å². The molecule has 4 aliphatic rings. The van der Waals surface area contributed by atoms with Gasteiger partial charge in [-0.2, -0.15) is 0 Å². The molecule has 2 aromatic carbocycles. The molecule has 4 heteroatoms. The topological polar surface area (TPSA) is 46.9 Å². The Hall–Kier alpha value is -1.72. The molecule has 1 aliphatic heterocycles. The van der Waals surface area contributed by atoms with Crippen molar-refractivity contribution in [1.82, 2.24) is 9.80 Å². The average Bonchev–Trinajstić information content (AvgIpc) is 2.76. The molecule has 1 fully saturated rings. The molecule has 0 spiro atoms. The van der Waals surface area contributed by atoms with Crippen LogP contribution >= 0.6 is 0 Å². The van der Waals surface area contributed by atoms with E-state index in [4.69, 9.17) is 5.11 Å². The molecule has 6 rings (SSSR count). The number of β-amino-alcohol motifs (C(OH)–C–C–N with tert-alkyl or cyclic N) is 2. The van der Waals surface area contributed by atoms with Gasteiger partial charge < -0.3 is 10.2 Å². The van der Waals surface area contributed by atoms with Gasteiger partial charge in [-0.3, -0.25) is 9.80 Å². The van der Waals surface area contributed by atoms with E-state index in [0.717, 1.165) is 52.1 Å². The predicted molar refractivity (Wildman–Crippen MR) is 115 cm³/mol. The average molecular weight is 393 g/mol. The third kappa shape index (κ3) is 3.32. The number of aliphatic hydroxyl groups excluding tert-OH is 2. The zero-order valence-corrected chi connectivity index (χ0v) is 17.1. The summed E-state index contributed by atoms with van der Waals surface area (Å²) >= 11 is 0. The number of hydrogen-bond donors (Lipinski definition) is 2. The Labute approximate surface area is 173 Å². The Morgan fingerprint density at radius 3 is 2.10 bits per heavy atom. The van der Waals surface area contributed by atoms with Crippen LogP contribution in [0.2, 0.25) is 0 Å². The number of nitrogens with zero attached hydrogens (tertiary/aromatic N) is 2. The maximum atomic E-state index is 11.2. The van der Waals surface area contributed by atoms with Gasteiger partial charge in [0.2, 0.25) is 0 Å². The summed E-state index contributed by atoms with van der Waals surface area (Å²) in [5, 5.41) is 20.3. The zero-order chi connectivity index (χ0) is 19.8. The molecule has 4 nitrogen and oxygen atoms in total. The van der Waals surface area contributed by atoms with Crippen LogP contribution in [0.1, 0.15) is 47.4 Å². The fraction of sp³-hybridized carbons (Fsp3) is 0.520. The van der Waals surface area contributed by atoms with Crippen molar-refractivity contribution in [2.45, 2.75) is 36.7 Å². The van der Waals surface area contributed by atoms with Crippen LogP contribution in [0.3, 0.4) is 0 Å². The van der Waals surface area contributed by atoms with E-state index in [-0.39, 0.29) is 18.1 Å².